The maximum absolute atomic E-state index is 12.4. The third kappa shape index (κ3) is 3.79. The number of ether oxygens (including phenoxy) is 1. The van der Waals surface area contributed by atoms with Gasteiger partial charge in [0.25, 0.3) is 0 Å². The van der Waals surface area contributed by atoms with Crippen molar-refractivity contribution in [3.8, 4) is 5.75 Å². The molecule has 0 bridgehead atoms. The predicted molar refractivity (Wildman–Crippen MR) is 110 cm³/mol. The Morgan fingerprint density at radius 1 is 1.07 bits per heavy atom. The number of primary amides is 1. The fourth-order valence-electron chi connectivity index (χ4n) is 4.95. The number of carbonyl (C=O) groups is 2. The number of aliphatic carboxylic acids is 1. The highest BCUT2D eigenvalue weighted by Crippen LogP contribution is 2.53. The molecule has 0 radical (unpaired) electrons. The molecule has 6 nitrogen and oxygen atoms in total. The van der Waals surface area contributed by atoms with E-state index in [0.29, 0.717) is 5.75 Å². The molecule has 3 unspecified atom stereocenters. The van der Waals surface area contributed by atoms with Crippen molar-refractivity contribution in [2.24, 2.45) is 11.7 Å². The second-order valence-corrected chi connectivity index (χ2v) is 7.87. The van der Waals surface area contributed by atoms with Crippen molar-refractivity contribution >= 4 is 17.6 Å². The van der Waals surface area contributed by atoms with Crippen LogP contribution in [-0.2, 0) is 16.1 Å². The summed E-state index contributed by atoms with van der Waals surface area (Å²) in [5.41, 5.74) is 8.96. The normalized spacial score (nSPS) is 23.0. The lowest BCUT2D eigenvalue weighted by Crippen LogP contribution is -2.38. The molecule has 1 amide bonds. The molecule has 1 saturated carbocycles. The van der Waals surface area contributed by atoms with Gasteiger partial charge in [-0.1, -0.05) is 49.2 Å². The molecule has 0 aromatic heterocycles. The minimum absolute atomic E-state index is 0.0845. The average molecular weight is 394 g/mol. The van der Waals surface area contributed by atoms with Crippen molar-refractivity contribution in [3.63, 3.8) is 0 Å². The molecule has 1 fully saturated rings. The molecule has 2 aliphatic rings. The highest BCUT2D eigenvalue weighted by molar-refractivity contribution is 5.81. The molecule has 0 spiro atoms. The number of fused-ring (bicyclic) bond motifs is 3. The Bertz CT molecular complexity index is 899. The molecule has 6 heteroatoms. The first kappa shape index (κ1) is 19.3. The summed E-state index contributed by atoms with van der Waals surface area (Å²) in [6.45, 7) is 0.316. The van der Waals surface area contributed by atoms with E-state index in [1.165, 1.54) is 5.56 Å². The molecule has 2 aromatic carbocycles. The highest BCUT2D eigenvalue weighted by atomic mass is 16.5. The monoisotopic (exact) mass is 394 g/mol. The fraction of sp³-hybridized carbons (Fsp3) is 0.391. The number of amides is 1. The average Bonchev–Trinajstić information content (AvgIpc) is 2.87. The first-order chi connectivity index (χ1) is 14.1. The molecular weight excluding hydrogens is 368 g/mol. The van der Waals surface area contributed by atoms with Gasteiger partial charge in [-0.15, -0.1) is 0 Å². The zero-order chi connectivity index (χ0) is 20.4. The first-order valence-electron chi connectivity index (χ1n) is 10.1. The lowest BCUT2D eigenvalue weighted by Gasteiger charge is -2.31. The van der Waals surface area contributed by atoms with Crippen molar-refractivity contribution < 1.29 is 19.4 Å². The molecule has 3 atom stereocenters. The zero-order valence-electron chi connectivity index (χ0n) is 16.3. The van der Waals surface area contributed by atoms with E-state index in [1.54, 1.807) is 6.07 Å². The standard InChI is InChI=1S/C23H26N2O4/c24-23(28)16-9-4-5-10-17-21(16)22-18(11-6-12-19(22)29-14-20(26)27)25(17)13-15-7-2-1-3-8-15/h1-3,6-8,11-12,16-17,21H,4-5,9-10,13-14H2,(H2,24,28)(H,26,27). The van der Waals surface area contributed by atoms with Crippen molar-refractivity contribution in [1.82, 2.24) is 0 Å². The lowest BCUT2D eigenvalue weighted by molar-refractivity contribution is -0.139. The van der Waals surface area contributed by atoms with Crippen molar-refractivity contribution in [1.29, 1.82) is 0 Å². The highest BCUT2D eigenvalue weighted by Gasteiger charge is 2.46. The molecule has 3 N–H and O–H groups in total. The molecule has 2 aromatic rings. The summed E-state index contributed by atoms with van der Waals surface area (Å²) in [5, 5.41) is 9.08. The quantitative estimate of drug-likeness (QED) is 0.784. The van der Waals surface area contributed by atoms with Gasteiger partial charge in [0, 0.05) is 35.7 Å². The van der Waals surface area contributed by atoms with Crippen LogP contribution in [0.4, 0.5) is 5.69 Å². The molecule has 29 heavy (non-hydrogen) atoms. The SMILES string of the molecule is NC(=O)C1CCCCC2C1c1c(OCC(=O)O)cccc1N2Cc1ccccc1. The molecule has 1 heterocycles. The Kier molecular flexibility index (Phi) is 5.43. The van der Waals surface area contributed by atoms with E-state index in [1.807, 2.05) is 30.3 Å². The number of hydrogen-bond acceptors (Lipinski definition) is 4. The molecule has 1 aliphatic heterocycles. The second kappa shape index (κ2) is 8.15. The third-order valence-corrected chi connectivity index (χ3v) is 6.11. The van der Waals surface area contributed by atoms with Crippen molar-refractivity contribution in [3.05, 3.63) is 59.7 Å². The molecule has 1 aliphatic carbocycles. The fourth-order valence-corrected chi connectivity index (χ4v) is 4.95. The minimum Gasteiger partial charge on any atom is -0.482 e. The maximum Gasteiger partial charge on any atom is 0.341 e. The van der Waals surface area contributed by atoms with Crippen LogP contribution in [-0.4, -0.2) is 29.6 Å². The summed E-state index contributed by atoms with van der Waals surface area (Å²) in [6, 6.07) is 16.1. The Labute approximate surface area is 170 Å². The van der Waals surface area contributed by atoms with Crippen LogP contribution in [0.1, 0.15) is 42.7 Å². The number of carboxylic acid groups (broad SMARTS) is 1. The number of carbonyl (C=O) groups excluding carboxylic acids is 1. The van der Waals surface area contributed by atoms with Crippen LogP contribution in [0.5, 0.6) is 5.75 Å². The van der Waals surface area contributed by atoms with Gasteiger partial charge in [-0.05, 0) is 30.5 Å². The Morgan fingerprint density at radius 2 is 1.83 bits per heavy atom. The maximum atomic E-state index is 12.4. The number of nitrogens with two attached hydrogens (primary N) is 1. The van der Waals surface area contributed by atoms with Crippen LogP contribution in [0.3, 0.4) is 0 Å². The van der Waals surface area contributed by atoms with Crippen LogP contribution in [0.15, 0.2) is 48.5 Å². The van der Waals surface area contributed by atoms with Gasteiger partial charge < -0.3 is 20.5 Å². The zero-order valence-corrected chi connectivity index (χ0v) is 16.3. The Morgan fingerprint density at radius 3 is 2.55 bits per heavy atom. The summed E-state index contributed by atoms with van der Waals surface area (Å²) in [7, 11) is 0. The van der Waals surface area contributed by atoms with E-state index >= 15 is 0 Å². The van der Waals surface area contributed by atoms with Gasteiger partial charge in [0.05, 0.1) is 0 Å². The molecular formula is C23H26N2O4. The van der Waals surface area contributed by atoms with Gasteiger partial charge >= 0.3 is 5.97 Å². The Balaban J connectivity index is 1.79. The minimum atomic E-state index is -1.02. The number of benzene rings is 2. The van der Waals surface area contributed by atoms with Gasteiger partial charge in [0.2, 0.25) is 5.91 Å². The summed E-state index contributed by atoms with van der Waals surface area (Å²) < 4.78 is 5.65. The van der Waals surface area contributed by atoms with E-state index in [0.717, 1.165) is 43.5 Å². The van der Waals surface area contributed by atoms with Crippen molar-refractivity contribution in [2.75, 3.05) is 11.5 Å². The van der Waals surface area contributed by atoms with Crippen LogP contribution < -0.4 is 15.4 Å². The van der Waals surface area contributed by atoms with Gasteiger partial charge in [0.1, 0.15) is 5.75 Å². The van der Waals surface area contributed by atoms with Crippen LogP contribution in [0, 0.1) is 5.92 Å². The summed E-state index contributed by atoms with van der Waals surface area (Å²) in [6.07, 6.45) is 3.72. The van der Waals surface area contributed by atoms with Crippen LogP contribution >= 0.6 is 0 Å². The number of anilines is 1. The summed E-state index contributed by atoms with van der Waals surface area (Å²) in [5.74, 6) is -1.13. The van der Waals surface area contributed by atoms with Gasteiger partial charge in [0.15, 0.2) is 6.61 Å². The van der Waals surface area contributed by atoms with E-state index in [9.17, 15) is 9.59 Å². The predicted octanol–water partition coefficient (Wildman–Crippen LogP) is 3.30. The van der Waals surface area contributed by atoms with Crippen LogP contribution in [0.2, 0.25) is 0 Å². The number of rotatable bonds is 6. The lowest BCUT2D eigenvalue weighted by atomic mass is 9.81. The second-order valence-electron chi connectivity index (χ2n) is 7.87. The van der Waals surface area contributed by atoms with Crippen molar-refractivity contribution in [2.45, 2.75) is 44.2 Å². The topological polar surface area (TPSA) is 92.9 Å². The van der Waals surface area contributed by atoms with Gasteiger partial charge in [-0.3, -0.25) is 4.79 Å². The summed E-state index contributed by atoms with van der Waals surface area (Å²) in [4.78, 5) is 25.8. The van der Waals surface area contributed by atoms with E-state index in [-0.39, 0.29) is 23.8 Å². The largest absolute Gasteiger partial charge is 0.482 e. The Hall–Kier alpha value is -3.02. The first-order valence-corrected chi connectivity index (χ1v) is 10.1. The van der Waals surface area contributed by atoms with Crippen LogP contribution in [0.25, 0.3) is 0 Å². The van der Waals surface area contributed by atoms with Gasteiger partial charge in [-0.25, -0.2) is 4.79 Å². The van der Waals surface area contributed by atoms with Gasteiger partial charge in [-0.2, -0.15) is 0 Å². The smallest absolute Gasteiger partial charge is 0.341 e. The van der Waals surface area contributed by atoms with E-state index in [2.05, 4.69) is 17.0 Å². The molecule has 0 saturated heterocycles. The number of hydrogen-bond donors (Lipinski definition) is 2. The number of carboxylic acids is 1. The molecule has 152 valence electrons. The third-order valence-electron chi connectivity index (χ3n) is 6.11. The van der Waals surface area contributed by atoms with E-state index in [4.69, 9.17) is 15.6 Å². The summed E-state index contributed by atoms with van der Waals surface area (Å²) >= 11 is 0. The van der Waals surface area contributed by atoms with E-state index < -0.39 is 12.6 Å². The molecule has 4 rings (SSSR count). The number of nitrogens with zero attached hydrogens (tertiary/aromatic N) is 1.